The molecule has 0 saturated heterocycles. The number of nitrogens with one attached hydrogen (secondary N) is 1. The van der Waals surface area contributed by atoms with Gasteiger partial charge in [0.2, 0.25) is 5.91 Å². The largest absolute Gasteiger partial charge is 0.355 e. The fourth-order valence-electron chi connectivity index (χ4n) is 2.73. The van der Waals surface area contributed by atoms with Crippen LogP contribution >= 0.6 is 0 Å². The molecule has 1 aromatic rings. The Morgan fingerprint density at radius 3 is 2.47 bits per heavy atom. The molecule has 1 fully saturated rings. The zero-order valence-corrected chi connectivity index (χ0v) is 11.1. The summed E-state index contributed by atoms with van der Waals surface area (Å²) in [5.41, 5.74) is 6.45. The van der Waals surface area contributed by atoms with Crippen LogP contribution in [0.15, 0.2) is 24.3 Å². The standard InChI is InChI=1S/C15H21FN2O/c16-13-5-3-12(4-6-13)7-10-18-14(19)15(11-17)8-1-2-9-15/h3-6H,1-2,7-11,17H2,(H,18,19). The maximum Gasteiger partial charge on any atom is 0.227 e. The summed E-state index contributed by atoms with van der Waals surface area (Å²) >= 11 is 0. The predicted octanol–water partition coefficient (Wildman–Crippen LogP) is 2.00. The van der Waals surface area contributed by atoms with E-state index in [4.69, 9.17) is 5.73 Å². The molecule has 0 aromatic heterocycles. The molecule has 3 nitrogen and oxygen atoms in total. The van der Waals surface area contributed by atoms with Gasteiger partial charge in [0.05, 0.1) is 5.41 Å². The van der Waals surface area contributed by atoms with E-state index in [1.54, 1.807) is 12.1 Å². The minimum absolute atomic E-state index is 0.0783. The average Bonchev–Trinajstić information content (AvgIpc) is 2.91. The highest BCUT2D eigenvalue weighted by molar-refractivity contribution is 5.83. The van der Waals surface area contributed by atoms with Gasteiger partial charge in [0.25, 0.3) is 0 Å². The lowest BCUT2D eigenvalue weighted by Crippen LogP contribution is -2.44. The lowest BCUT2D eigenvalue weighted by Gasteiger charge is -2.25. The molecule has 0 aliphatic heterocycles. The van der Waals surface area contributed by atoms with Crippen LogP contribution in [0.2, 0.25) is 0 Å². The molecule has 0 heterocycles. The van der Waals surface area contributed by atoms with Gasteiger partial charge in [0, 0.05) is 13.1 Å². The Labute approximate surface area is 113 Å². The SMILES string of the molecule is NCC1(C(=O)NCCc2ccc(F)cc2)CCCC1. The minimum atomic E-state index is -0.344. The van der Waals surface area contributed by atoms with Crippen molar-refractivity contribution in [1.82, 2.24) is 5.32 Å². The number of amides is 1. The summed E-state index contributed by atoms with van der Waals surface area (Å²) < 4.78 is 12.8. The van der Waals surface area contributed by atoms with Crippen LogP contribution in [-0.2, 0) is 11.2 Å². The number of carbonyl (C=O) groups excluding carboxylic acids is 1. The first-order valence-electron chi connectivity index (χ1n) is 6.89. The van der Waals surface area contributed by atoms with Crippen molar-refractivity contribution in [1.29, 1.82) is 0 Å². The summed E-state index contributed by atoms with van der Waals surface area (Å²) in [6.45, 7) is 1.00. The fourth-order valence-corrected chi connectivity index (χ4v) is 2.73. The highest BCUT2D eigenvalue weighted by atomic mass is 19.1. The Kier molecular flexibility index (Phi) is 4.53. The molecular weight excluding hydrogens is 243 g/mol. The first-order chi connectivity index (χ1) is 9.16. The summed E-state index contributed by atoms with van der Waals surface area (Å²) in [4.78, 5) is 12.2. The highest BCUT2D eigenvalue weighted by Gasteiger charge is 2.39. The maximum absolute atomic E-state index is 12.8. The zero-order chi connectivity index (χ0) is 13.7. The van der Waals surface area contributed by atoms with Crippen molar-refractivity contribution >= 4 is 5.91 Å². The topological polar surface area (TPSA) is 55.1 Å². The number of halogens is 1. The Bertz CT molecular complexity index is 424. The first-order valence-corrected chi connectivity index (χ1v) is 6.89. The van der Waals surface area contributed by atoms with E-state index in [2.05, 4.69) is 5.32 Å². The third-order valence-electron chi connectivity index (χ3n) is 4.05. The molecule has 0 unspecified atom stereocenters. The van der Waals surface area contributed by atoms with Gasteiger partial charge in [-0.25, -0.2) is 4.39 Å². The molecule has 1 aromatic carbocycles. The normalized spacial score (nSPS) is 17.4. The van der Waals surface area contributed by atoms with Gasteiger partial charge in [-0.1, -0.05) is 25.0 Å². The van der Waals surface area contributed by atoms with E-state index in [0.717, 1.165) is 31.2 Å². The van der Waals surface area contributed by atoms with Crippen molar-refractivity contribution in [3.63, 3.8) is 0 Å². The Morgan fingerprint density at radius 2 is 1.89 bits per heavy atom. The monoisotopic (exact) mass is 264 g/mol. The number of carbonyl (C=O) groups is 1. The van der Waals surface area contributed by atoms with Gasteiger partial charge in [0.15, 0.2) is 0 Å². The van der Waals surface area contributed by atoms with Crippen molar-refractivity contribution in [3.05, 3.63) is 35.6 Å². The Hall–Kier alpha value is -1.42. The second-order valence-electron chi connectivity index (χ2n) is 5.32. The molecule has 1 aliphatic carbocycles. The molecule has 1 amide bonds. The van der Waals surface area contributed by atoms with Crippen LogP contribution < -0.4 is 11.1 Å². The number of hydrogen-bond acceptors (Lipinski definition) is 2. The number of nitrogens with two attached hydrogens (primary N) is 1. The van der Waals surface area contributed by atoms with Gasteiger partial charge in [-0.05, 0) is 37.0 Å². The van der Waals surface area contributed by atoms with Crippen LogP contribution in [0.5, 0.6) is 0 Å². The molecule has 0 radical (unpaired) electrons. The molecular formula is C15H21FN2O. The van der Waals surface area contributed by atoms with E-state index in [9.17, 15) is 9.18 Å². The lowest BCUT2D eigenvalue weighted by atomic mass is 9.85. The van der Waals surface area contributed by atoms with Gasteiger partial charge in [0.1, 0.15) is 5.82 Å². The second kappa shape index (κ2) is 6.15. The molecule has 4 heteroatoms. The minimum Gasteiger partial charge on any atom is -0.355 e. The van der Waals surface area contributed by atoms with E-state index >= 15 is 0 Å². The quantitative estimate of drug-likeness (QED) is 0.854. The molecule has 2 rings (SSSR count). The molecule has 19 heavy (non-hydrogen) atoms. The average molecular weight is 264 g/mol. The van der Waals surface area contributed by atoms with Gasteiger partial charge >= 0.3 is 0 Å². The molecule has 104 valence electrons. The number of hydrogen-bond donors (Lipinski definition) is 2. The molecule has 0 bridgehead atoms. The van der Waals surface area contributed by atoms with E-state index in [1.165, 1.54) is 12.1 Å². The third-order valence-corrected chi connectivity index (χ3v) is 4.05. The van der Waals surface area contributed by atoms with Crippen LogP contribution in [-0.4, -0.2) is 19.0 Å². The van der Waals surface area contributed by atoms with Crippen molar-refractivity contribution < 1.29 is 9.18 Å². The third kappa shape index (κ3) is 3.32. The summed E-state index contributed by atoms with van der Waals surface area (Å²) in [5, 5.41) is 2.97. The zero-order valence-electron chi connectivity index (χ0n) is 11.1. The van der Waals surface area contributed by atoms with E-state index in [0.29, 0.717) is 19.5 Å². The predicted molar refractivity (Wildman–Crippen MR) is 73.1 cm³/mol. The number of rotatable bonds is 5. The van der Waals surface area contributed by atoms with Crippen molar-refractivity contribution in [2.45, 2.75) is 32.1 Å². The van der Waals surface area contributed by atoms with Gasteiger partial charge in [-0.15, -0.1) is 0 Å². The molecule has 3 N–H and O–H groups in total. The van der Waals surface area contributed by atoms with Crippen LogP contribution in [0, 0.1) is 11.2 Å². The maximum atomic E-state index is 12.8. The summed E-state index contributed by atoms with van der Waals surface area (Å²) in [6, 6.07) is 6.37. The molecule has 0 atom stereocenters. The Balaban J connectivity index is 1.82. The lowest BCUT2D eigenvalue weighted by molar-refractivity contribution is -0.130. The van der Waals surface area contributed by atoms with Crippen LogP contribution in [0.1, 0.15) is 31.2 Å². The first kappa shape index (κ1) is 14.0. The second-order valence-corrected chi connectivity index (χ2v) is 5.32. The van der Waals surface area contributed by atoms with E-state index in [-0.39, 0.29) is 17.1 Å². The molecule has 0 spiro atoms. The molecule has 1 saturated carbocycles. The van der Waals surface area contributed by atoms with E-state index in [1.807, 2.05) is 0 Å². The van der Waals surface area contributed by atoms with Gasteiger partial charge in [-0.2, -0.15) is 0 Å². The van der Waals surface area contributed by atoms with Crippen LogP contribution in [0.25, 0.3) is 0 Å². The van der Waals surface area contributed by atoms with Gasteiger partial charge < -0.3 is 11.1 Å². The smallest absolute Gasteiger partial charge is 0.227 e. The van der Waals surface area contributed by atoms with Crippen LogP contribution in [0.3, 0.4) is 0 Å². The van der Waals surface area contributed by atoms with Crippen molar-refractivity contribution in [2.24, 2.45) is 11.1 Å². The van der Waals surface area contributed by atoms with Crippen molar-refractivity contribution in [3.8, 4) is 0 Å². The van der Waals surface area contributed by atoms with Crippen LogP contribution in [0.4, 0.5) is 4.39 Å². The number of benzene rings is 1. The summed E-state index contributed by atoms with van der Waals surface area (Å²) in [6.07, 6.45) is 4.68. The van der Waals surface area contributed by atoms with Crippen molar-refractivity contribution in [2.75, 3.05) is 13.1 Å². The highest BCUT2D eigenvalue weighted by Crippen LogP contribution is 2.37. The summed E-state index contributed by atoms with van der Waals surface area (Å²) in [5.74, 6) is -0.157. The van der Waals surface area contributed by atoms with Gasteiger partial charge in [-0.3, -0.25) is 4.79 Å². The van der Waals surface area contributed by atoms with E-state index < -0.39 is 0 Å². The Morgan fingerprint density at radius 1 is 1.26 bits per heavy atom. The fraction of sp³-hybridized carbons (Fsp3) is 0.533. The summed E-state index contributed by atoms with van der Waals surface area (Å²) in [7, 11) is 0. The molecule has 1 aliphatic rings.